The van der Waals surface area contributed by atoms with Crippen molar-refractivity contribution < 1.29 is 9.59 Å². The first-order valence-electron chi connectivity index (χ1n) is 7.75. The van der Waals surface area contributed by atoms with Crippen molar-refractivity contribution in [1.29, 1.82) is 0 Å². The molecule has 0 fully saturated rings. The van der Waals surface area contributed by atoms with E-state index in [1.165, 1.54) is 18.3 Å². The van der Waals surface area contributed by atoms with Crippen LogP contribution in [0, 0.1) is 0 Å². The second-order valence-corrected chi connectivity index (χ2v) is 7.02. The highest BCUT2D eigenvalue weighted by molar-refractivity contribution is 7.15. The summed E-state index contributed by atoms with van der Waals surface area (Å²) in [5.41, 5.74) is 2.17. The zero-order valence-corrected chi connectivity index (χ0v) is 15.4. The summed E-state index contributed by atoms with van der Waals surface area (Å²) in [4.78, 5) is 23.3. The lowest BCUT2D eigenvalue weighted by Crippen LogP contribution is -2.12. The fourth-order valence-corrected chi connectivity index (χ4v) is 3.12. The van der Waals surface area contributed by atoms with Crippen molar-refractivity contribution >= 4 is 45.6 Å². The lowest BCUT2D eigenvalue weighted by Gasteiger charge is -2.04. The van der Waals surface area contributed by atoms with Crippen LogP contribution in [-0.2, 0) is 11.2 Å². The molecule has 1 aromatic heterocycles. The molecule has 0 saturated carbocycles. The van der Waals surface area contributed by atoms with Crippen molar-refractivity contribution in [2.24, 2.45) is 0 Å². The molecule has 2 aromatic carbocycles. The number of halogens is 1. The molecule has 132 valence electrons. The molecule has 0 unspecified atom stereocenters. The third-order valence-corrected chi connectivity index (χ3v) is 4.51. The van der Waals surface area contributed by atoms with Crippen LogP contribution in [-0.4, -0.2) is 22.0 Å². The van der Waals surface area contributed by atoms with Gasteiger partial charge in [-0.2, -0.15) is 0 Å². The Morgan fingerprint density at radius 1 is 1.00 bits per heavy atom. The molecule has 0 bridgehead atoms. The van der Waals surface area contributed by atoms with E-state index in [1.807, 2.05) is 24.3 Å². The summed E-state index contributed by atoms with van der Waals surface area (Å²) in [5, 5.41) is 15.4. The third kappa shape index (κ3) is 4.87. The number of anilines is 2. The molecule has 0 aliphatic carbocycles. The minimum absolute atomic E-state index is 0.163. The number of carbonyl (C=O) groups excluding carboxylic acids is 2. The molecule has 8 heteroatoms. The smallest absolute Gasteiger partial charge is 0.257 e. The average molecular weight is 387 g/mol. The van der Waals surface area contributed by atoms with Gasteiger partial charge in [-0.05, 0) is 42.0 Å². The van der Waals surface area contributed by atoms with E-state index in [2.05, 4.69) is 20.8 Å². The predicted octanol–water partition coefficient (Wildman–Crippen LogP) is 3.99. The van der Waals surface area contributed by atoms with E-state index in [9.17, 15) is 9.59 Å². The molecule has 2 N–H and O–H groups in total. The number of aromatic nitrogens is 2. The molecule has 26 heavy (non-hydrogen) atoms. The van der Waals surface area contributed by atoms with Gasteiger partial charge in [-0.1, -0.05) is 35.1 Å². The lowest BCUT2D eigenvalue weighted by molar-refractivity contribution is -0.114. The summed E-state index contributed by atoms with van der Waals surface area (Å²) in [7, 11) is 0. The number of nitrogens with one attached hydrogen (secondary N) is 2. The minimum atomic E-state index is -0.284. The summed E-state index contributed by atoms with van der Waals surface area (Å²) < 4.78 is 0. The highest BCUT2D eigenvalue weighted by atomic mass is 35.5. The van der Waals surface area contributed by atoms with E-state index >= 15 is 0 Å². The largest absolute Gasteiger partial charge is 0.326 e. The molecule has 0 saturated heterocycles. The molecule has 0 aliphatic rings. The van der Waals surface area contributed by atoms with Gasteiger partial charge in [0.05, 0.1) is 0 Å². The Balaban J connectivity index is 1.62. The molecule has 1 heterocycles. The number of amides is 2. The van der Waals surface area contributed by atoms with E-state index in [0.29, 0.717) is 27.8 Å². The molecule has 3 rings (SSSR count). The Kier molecular flexibility index (Phi) is 5.60. The first kappa shape index (κ1) is 18.0. The third-order valence-electron chi connectivity index (χ3n) is 3.42. The summed E-state index contributed by atoms with van der Waals surface area (Å²) in [6, 6.07) is 14.1. The summed E-state index contributed by atoms with van der Waals surface area (Å²) >= 11 is 7.20. The zero-order valence-electron chi connectivity index (χ0n) is 13.8. The van der Waals surface area contributed by atoms with Crippen LogP contribution in [0.3, 0.4) is 0 Å². The zero-order chi connectivity index (χ0) is 18.5. The van der Waals surface area contributed by atoms with Crippen LogP contribution in [0.2, 0.25) is 5.02 Å². The van der Waals surface area contributed by atoms with Gasteiger partial charge in [-0.15, -0.1) is 10.2 Å². The molecule has 2 amide bonds. The van der Waals surface area contributed by atoms with Gasteiger partial charge in [0, 0.05) is 29.6 Å². The molecular weight excluding hydrogens is 372 g/mol. The first-order valence-corrected chi connectivity index (χ1v) is 8.95. The fraction of sp³-hybridized carbons (Fsp3) is 0.111. The predicted molar refractivity (Wildman–Crippen MR) is 103 cm³/mol. The number of hydrogen-bond acceptors (Lipinski definition) is 5. The Bertz CT molecular complexity index is 923. The van der Waals surface area contributed by atoms with Crippen molar-refractivity contribution in [2.75, 3.05) is 10.6 Å². The first-order chi connectivity index (χ1) is 12.5. The number of carbonyl (C=O) groups is 2. The topological polar surface area (TPSA) is 84.0 Å². The maximum Gasteiger partial charge on any atom is 0.257 e. The Morgan fingerprint density at radius 2 is 1.69 bits per heavy atom. The van der Waals surface area contributed by atoms with E-state index in [4.69, 9.17) is 11.6 Å². The van der Waals surface area contributed by atoms with Gasteiger partial charge in [0.1, 0.15) is 5.01 Å². The quantitative estimate of drug-likeness (QED) is 0.694. The van der Waals surface area contributed by atoms with E-state index in [1.54, 1.807) is 24.3 Å². The van der Waals surface area contributed by atoms with Gasteiger partial charge in [-0.3, -0.25) is 14.9 Å². The van der Waals surface area contributed by atoms with Crippen LogP contribution in [0.15, 0.2) is 48.5 Å². The highest BCUT2D eigenvalue weighted by Crippen LogP contribution is 2.20. The molecule has 0 aliphatic heterocycles. The average Bonchev–Trinajstić information content (AvgIpc) is 3.04. The number of benzene rings is 2. The van der Waals surface area contributed by atoms with Crippen LogP contribution in [0.5, 0.6) is 0 Å². The van der Waals surface area contributed by atoms with Crippen LogP contribution in [0.1, 0.15) is 27.9 Å². The van der Waals surface area contributed by atoms with Crippen molar-refractivity contribution in [3.05, 3.63) is 69.7 Å². The maximum atomic E-state index is 12.3. The second kappa shape index (κ2) is 8.07. The molecule has 6 nitrogen and oxygen atoms in total. The van der Waals surface area contributed by atoms with Gasteiger partial charge in [-0.25, -0.2) is 0 Å². The van der Waals surface area contributed by atoms with Crippen LogP contribution < -0.4 is 10.6 Å². The Morgan fingerprint density at radius 3 is 2.35 bits per heavy atom. The van der Waals surface area contributed by atoms with Crippen LogP contribution in [0.25, 0.3) is 0 Å². The van der Waals surface area contributed by atoms with Gasteiger partial charge in [0.15, 0.2) is 0 Å². The highest BCUT2D eigenvalue weighted by Gasteiger charge is 2.11. The maximum absolute atomic E-state index is 12.3. The van der Waals surface area contributed by atoms with Crippen molar-refractivity contribution in [1.82, 2.24) is 10.2 Å². The number of rotatable bonds is 5. The fourth-order valence-electron chi connectivity index (χ4n) is 2.23. The summed E-state index contributed by atoms with van der Waals surface area (Å²) in [6.07, 6.45) is 0.621. The molecular formula is C18H15ClN4O2S. The molecule has 3 aromatic rings. The van der Waals surface area contributed by atoms with Gasteiger partial charge in [0.25, 0.3) is 5.91 Å². The van der Waals surface area contributed by atoms with E-state index < -0.39 is 0 Å². The van der Waals surface area contributed by atoms with Crippen LogP contribution in [0.4, 0.5) is 10.8 Å². The summed E-state index contributed by atoms with van der Waals surface area (Å²) in [5.74, 6) is -0.446. The number of hydrogen-bond donors (Lipinski definition) is 2. The van der Waals surface area contributed by atoms with Gasteiger partial charge in [0.2, 0.25) is 11.0 Å². The van der Waals surface area contributed by atoms with Crippen LogP contribution >= 0.6 is 22.9 Å². The van der Waals surface area contributed by atoms with Crippen molar-refractivity contribution in [2.45, 2.75) is 13.3 Å². The SMILES string of the molecule is CC(=O)Nc1ccc(C(=O)Nc2nnc(Cc3ccc(Cl)cc3)s2)cc1. The molecule has 0 spiro atoms. The van der Waals surface area contributed by atoms with Gasteiger partial charge >= 0.3 is 0 Å². The lowest BCUT2D eigenvalue weighted by atomic mass is 10.2. The molecule has 0 radical (unpaired) electrons. The molecule has 0 atom stereocenters. The monoisotopic (exact) mass is 386 g/mol. The van der Waals surface area contributed by atoms with Crippen molar-refractivity contribution in [3.63, 3.8) is 0 Å². The Hall–Kier alpha value is -2.77. The van der Waals surface area contributed by atoms with E-state index in [-0.39, 0.29) is 11.8 Å². The van der Waals surface area contributed by atoms with E-state index in [0.717, 1.165) is 10.6 Å². The van der Waals surface area contributed by atoms with Crippen molar-refractivity contribution in [3.8, 4) is 0 Å². The second-order valence-electron chi connectivity index (χ2n) is 5.52. The normalized spacial score (nSPS) is 10.4. The standard InChI is InChI=1S/C18H15ClN4O2S/c1-11(24)20-15-8-4-13(5-9-15)17(25)21-18-23-22-16(26-18)10-12-2-6-14(19)7-3-12/h2-9H,10H2,1H3,(H,20,24)(H,21,23,25). The summed E-state index contributed by atoms with van der Waals surface area (Å²) in [6.45, 7) is 1.43. The van der Waals surface area contributed by atoms with Gasteiger partial charge < -0.3 is 5.32 Å². The minimum Gasteiger partial charge on any atom is -0.326 e. The Labute approximate surface area is 159 Å². The number of nitrogens with zero attached hydrogens (tertiary/aromatic N) is 2.